The van der Waals surface area contributed by atoms with Gasteiger partial charge in [0.05, 0.1) is 23.3 Å². The standard InChI is InChI=1S/C24H24F3NO4/c1-28-21-5-3-15(9-16(21)4-6-23(28)29)14-32-20-11-17(10-18(12-20)24(25,26)27)22-13-19(30-2)7-8-31-22/h3-6,9-12,19,22H,7-8,13-14H2,1-2H3. The number of nitrogens with zero attached hydrogens (tertiary/aromatic N) is 1. The monoisotopic (exact) mass is 447 g/mol. The molecule has 3 aromatic rings. The highest BCUT2D eigenvalue weighted by atomic mass is 19.4. The van der Waals surface area contributed by atoms with E-state index in [1.807, 2.05) is 6.07 Å². The van der Waals surface area contributed by atoms with Gasteiger partial charge in [-0.1, -0.05) is 6.07 Å². The number of hydrogen-bond acceptors (Lipinski definition) is 4. The number of halogens is 3. The van der Waals surface area contributed by atoms with Gasteiger partial charge in [-0.3, -0.25) is 4.79 Å². The number of hydrogen-bond donors (Lipinski definition) is 0. The molecule has 0 amide bonds. The van der Waals surface area contributed by atoms with Crippen molar-refractivity contribution in [2.45, 2.75) is 37.8 Å². The van der Waals surface area contributed by atoms with Crippen molar-refractivity contribution in [2.24, 2.45) is 7.05 Å². The first-order valence-corrected chi connectivity index (χ1v) is 10.3. The maximum Gasteiger partial charge on any atom is 0.416 e. The van der Waals surface area contributed by atoms with Crippen LogP contribution in [0.15, 0.2) is 53.3 Å². The minimum atomic E-state index is -4.50. The van der Waals surface area contributed by atoms with Crippen molar-refractivity contribution in [1.29, 1.82) is 0 Å². The molecule has 1 aliphatic heterocycles. The van der Waals surface area contributed by atoms with E-state index in [2.05, 4.69) is 0 Å². The minimum Gasteiger partial charge on any atom is -0.489 e. The van der Waals surface area contributed by atoms with Crippen molar-refractivity contribution < 1.29 is 27.4 Å². The smallest absolute Gasteiger partial charge is 0.416 e. The van der Waals surface area contributed by atoms with E-state index in [0.29, 0.717) is 25.0 Å². The summed E-state index contributed by atoms with van der Waals surface area (Å²) >= 11 is 0. The number of aromatic nitrogens is 1. The van der Waals surface area contributed by atoms with Gasteiger partial charge in [0.2, 0.25) is 0 Å². The van der Waals surface area contributed by atoms with Crippen LogP contribution in [-0.2, 0) is 29.3 Å². The topological polar surface area (TPSA) is 49.7 Å². The number of fused-ring (bicyclic) bond motifs is 1. The van der Waals surface area contributed by atoms with E-state index in [4.69, 9.17) is 14.2 Å². The Hall–Kier alpha value is -2.84. The average molecular weight is 447 g/mol. The van der Waals surface area contributed by atoms with Gasteiger partial charge in [-0.05, 0) is 59.3 Å². The maximum absolute atomic E-state index is 13.5. The molecule has 4 rings (SSSR count). The number of aryl methyl sites for hydroxylation is 1. The Morgan fingerprint density at radius 1 is 1.12 bits per heavy atom. The van der Waals surface area contributed by atoms with Crippen LogP contribution in [0.4, 0.5) is 13.2 Å². The summed E-state index contributed by atoms with van der Waals surface area (Å²) < 4.78 is 58.9. The zero-order valence-electron chi connectivity index (χ0n) is 17.8. The van der Waals surface area contributed by atoms with Gasteiger partial charge in [-0.2, -0.15) is 13.2 Å². The van der Waals surface area contributed by atoms with Gasteiger partial charge in [0.25, 0.3) is 5.56 Å². The fourth-order valence-electron chi connectivity index (χ4n) is 3.96. The second kappa shape index (κ2) is 8.96. The first-order chi connectivity index (χ1) is 15.2. The van der Waals surface area contributed by atoms with Crippen LogP contribution in [0.25, 0.3) is 10.9 Å². The number of rotatable bonds is 5. The normalized spacial score (nSPS) is 19.3. The molecule has 170 valence electrons. The lowest BCUT2D eigenvalue weighted by Gasteiger charge is -2.29. The molecule has 8 heteroatoms. The Morgan fingerprint density at radius 3 is 2.69 bits per heavy atom. The van der Waals surface area contributed by atoms with Gasteiger partial charge < -0.3 is 18.8 Å². The first-order valence-electron chi connectivity index (χ1n) is 10.3. The highest BCUT2D eigenvalue weighted by molar-refractivity contribution is 5.79. The molecular weight excluding hydrogens is 423 g/mol. The summed E-state index contributed by atoms with van der Waals surface area (Å²) in [5.41, 5.74) is 1.08. The zero-order chi connectivity index (χ0) is 22.9. The summed E-state index contributed by atoms with van der Waals surface area (Å²) in [7, 11) is 3.28. The SMILES string of the molecule is COC1CCOC(c2cc(OCc3ccc4c(ccc(=O)n4C)c3)cc(C(F)(F)F)c2)C1. The summed E-state index contributed by atoms with van der Waals surface area (Å²) in [6.45, 7) is 0.515. The molecule has 1 aliphatic rings. The number of benzene rings is 2. The van der Waals surface area contributed by atoms with Crippen LogP contribution in [0.1, 0.15) is 35.6 Å². The fourth-order valence-corrected chi connectivity index (χ4v) is 3.96. The van der Waals surface area contributed by atoms with E-state index in [-0.39, 0.29) is 24.0 Å². The van der Waals surface area contributed by atoms with E-state index in [1.54, 1.807) is 38.4 Å². The summed E-state index contributed by atoms with van der Waals surface area (Å²) in [6, 6.07) is 12.4. The molecule has 32 heavy (non-hydrogen) atoms. The number of pyridine rings is 1. The van der Waals surface area contributed by atoms with Crippen LogP contribution in [0.3, 0.4) is 0 Å². The molecule has 2 heterocycles. The van der Waals surface area contributed by atoms with E-state index in [9.17, 15) is 18.0 Å². The fraction of sp³-hybridized carbons (Fsp3) is 0.375. The molecule has 2 atom stereocenters. The van der Waals surface area contributed by atoms with E-state index in [1.165, 1.54) is 10.6 Å². The summed E-state index contributed by atoms with van der Waals surface area (Å²) in [4.78, 5) is 11.8. The van der Waals surface area contributed by atoms with Crippen LogP contribution in [0.2, 0.25) is 0 Å². The predicted octanol–water partition coefficient (Wildman–Crippen LogP) is 5.00. The van der Waals surface area contributed by atoms with Crippen LogP contribution in [0.5, 0.6) is 5.75 Å². The molecule has 0 saturated carbocycles. The van der Waals surface area contributed by atoms with E-state index < -0.39 is 17.8 Å². The van der Waals surface area contributed by atoms with Gasteiger partial charge in [-0.15, -0.1) is 0 Å². The quantitative estimate of drug-likeness (QED) is 0.552. The predicted molar refractivity (Wildman–Crippen MR) is 114 cm³/mol. The Morgan fingerprint density at radius 2 is 1.94 bits per heavy atom. The molecule has 1 fully saturated rings. The third kappa shape index (κ3) is 4.81. The Bertz CT molecular complexity index is 1170. The molecule has 2 aromatic carbocycles. The van der Waals surface area contributed by atoms with Crippen molar-refractivity contribution in [3.63, 3.8) is 0 Å². The molecule has 0 spiro atoms. The van der Waals surface area contributed by atoms with Gasteiger partial charge in [0.15, 0.2) is 0 Å². The van der Waals surface area contributed by atoms with Crippen LogP contribution >= 0.6 is 0 Å². The summed E-state index contributed by atoms with van der Waals surface area (Å²) in [6.07, 6.45) is -3.85. The molecule has 2 unspecified atom stereocenters. The van der Waals surface area contributed by atoms with Gasteiger partial charge in [0.1, 0.15) is 12.4 Å². The van der Waals surface area contributed by atoms with Crippen molar-refractivity contribution in [2.75, 3.05) is 13.7 Å². The molecular formula is C24H24F3NO4. The second-order valence-electron chi connectivity index (χ2n) is 7.94. The number of methoxy groups -OCH3 is 1. The highest BCUT2D eigenvalue weighted by Crippen LogP contribution is 2.37. The first kappa shape index (κ1) is 22.4. The van der Waals surface area contributed by atoms with Crippen molar-refractivity contribution >= 4 is 10.9 Å². The lowest BCUT2D eigenvalue weighted by atomic mass is 9.97. The molecule has 0 aliphatic carbocycles. The number of alkyl halides is 3. The Kier molecular flexibility index (Phi) is 6.26. The Balaban J connectivity index is 1.59. The Labute approximate surface area is 183 Å². The maximum atomic E-state index is 13.5. The minimum absolute atomic E-state index is 0.0544. The average Bonchev–Trinajstić information content (AvgIpc) is 2.79. The molecule has 1 aromatic heterocycles. The van der Waals surface area contributed by atoms with E-state index in [0.717, 1.165) is 28.6 Å². The largest absolute Gasteiger partial charge is 0.489 e. The van der Waals surface area contributed by atoms with Crippen LogP contribution in [-0.4, -0.2) is 24.4 Å². The molecule has 5 nitrogen and oxygen atoms in total. The third-order valence-electron chi connectivity index (χ3n) is 5.79. The van der Waals surface area contributed by atoms with Crippen LogP contribution in [0, 0.1) is 0 Å². The van der Waals surface area contributed by atoms with Crippen molar-refractivity contribution in [3.05, 3.63) is 75.6 Å². The van der Waals surface area contributed by atoms with E-state index >= 15 is 0 Å². The molecule has 0 N–H and O–H groups in total. The molecule has 0 radical (unpaired) electrons. The lowest BCUT2D eigenvalue weighted by molar-refractivity contribution is -0.137. The van der Waals surface area contributed by atoms with Crippen molar-refractivity contribution in [3.8, 4) is 5.75 Å². The zero-order valence-corrected chi connectivity index (χ0v) is 17.8. The summed E-state index contributed by atoms with van der Waals surface area (Å²) in [5, 5.41) is 0.846. The summed E-state index contributed by atoms with van der Waals surface area (Å²) in [5.74, 6) is 0.124. The lowest BCUT2D eigenvalue weighted by Crippen LogP contribution is -2.25. The molecule has 1 saturated heterocycles. The van der Waals surface area contributed by atoms with Gasteiger partial charge in [-0.25, -0.2) is 0 Å². The second-order valence-corrected chi connectivity index (χ2v) is 7.94. The van der Waals surface area contributed by atoms with Gasteiger partial charge in [0, 0.05) is 33.3 Å². The highest BCUT2D eigenvalue weighted by Gasteiger charge is 2.33. The number of ether oxygens (including phenoxy) is 3. The third-order valence-corrected chi connectivity index (χ3v) is 5.79. The van der Waals surface area contributed by atoms with Gasteiger partial charge >= 0.3 is 6.18 Å². The molecule has 0 bridgehead atoms. The van der Waals surface area contributed by atoms with Crippen LogP contribution < -0.4 is 10.3 Å². The van der Waals surface area contributed by atoms with Crippen molar-refractivity contribution in [1.82, 2.24) is 4.57 Å².